The van der Waals surface area contributed by atoms with Gasteiger partial charge in [0.2, 0.25) is 5.91 Å². The Kier molecular flexibility index (Phi) is 4.56. The zero-order valence-corrected chi connectivity index (χ0v) is 11.4. The molecule has 2 unspecified atom stereocenters. The fourth-order valence-electron chi connectivity index (χ4n) is 2.33. The lowest BCUT2D eigenvalue weighted by atomic mass is 10.1. The first-order chi connectivity index (χ1) is 9.63. The van der Waals surface area contributed by atoms with E-state index < -0.39 is 11.9 Å². The summed E-state index contributed by atoms with van der Waals surface area (Å²) in [6.07, 6.45) is 2.92. The van der Waals surface area contributed by atoms with Crippen LogP contribution in [0.3, 0.4) is 0 Å². The van der Waals surface area contributed by atoms with Gasteiger partial charge >= 0.3 is 5.97 Å². The maximum atomic E-state index is 12.2. The molecule has 0 radical (unpaired) electrons. The van der Waals surface area contributed by atoms with Crippen molar-refractivity contribution in [1.82, 2.24) is 4.90 Å². The molecule has 0 saturated heterocycles. The number of carboxylic acids is 1. The van der Waals surface area contributed by atoms with Crippen molar-refractivity contribution in [2.45, 2.75) is 12.8 Å². The van der Waals surface area contributed by atoms with E-state index in [4.69, 9.17) is 5.11 Å². The second kappa shape index (κ2) is 6.37. The summed E-state index contributed by atoms with van der Waals surface area (Å²) < 4.78 is 0. The Hall–Kier alpha value is -2.10. The van der Waals surface area contributed by atoms with Gasteiger partial charge in [-0.1, -0.05) is 36.4 Å². The number of nitrogens with zero attached hydrogens (tertiary/aromatic N) is 1. The van der Waals surface area contributed by atoms with Gasteiger partial charge in [0, 0.05) is 13.1 Å². The molecule has 2 rings (SSSR count). The molecular weight excluding hydrogens is 254 g/mol. The van der Waals surface area contributed by atoms with Gasteiger partial charge in [0.05, 0.1) is 11.8 Å². The summed E-state index contributed by atoms with van der Waals surface area (Å²) in [6.45, 7) is 4.72. The van der Waals surface area contributed by atoms with Crippen molar-refractivity contribution < 1.29 is 14.7 Å². The van der Waals surface area contributed by atoms with Gasteiger partial charge in [-0.3, -0.25) is 9.59 Å². The highest BCUT2D eigenvalue weighted by Crippen LogP contribution is 2.40. The van der Waals surface area contributed by atoms with E-state index in [1.54, 1.807) is 11.0 Å². The van der Waals surface area contributed by atoms with Crippen molar-refractivity contribution in [3.05, 3.63) is 48.6 Å². The number of aliphatic carboxylic acids is 1. The first-order valence-corrected chi connectivity index (χ1v) is 6.80. The van der Waals surface area contributed by atoms with Crippen LogP contribution in [0.5, 0.6) is 0 Å². The van der Waals surface area contributed by atoms with Crippen LogP contribution in [-0.2, 0) is 16.0 Å². The summed E-state index contributed by atoms with van der Waals surface area (Å²) in [7, 11) is 0. The summed E-state index contributed by atoms with van der Waals surface area (Å²) >= 11 is 0. The Balaban J connectivity index is 1.92. The molecule has 1 aromatic carbocycles. The molecule has 1 aliphatic rings. The number of amides is 1. The third kappa shape index (κ3) is 3.47. The fourth-order valence-corrected chi connectivity index (χ4v) is 2.33. The molecule has 0 heterocycles. The van der Waals surface area contributed by atoms with Gasteiger partial charge in [0.1, 0.15) is 0 Å². The van der Waals surface area contributed by atoms with Crippen LogP contribution in [0.15, 0.2) is 43.0 Å². The normalized spacial score (nSPS) is 20.2. The van der Waals surface area contributed by atoms with Crippen LogP contribution in [0.2, 0.25) is 0 Å². The molecule has 0 aliphatic heterocycles. The minimum atomic E-state index is -0.870. The molecular formula is C16H19NO3. The van der Waals surface area contributed by atoms with E-state index in [1.165, 1.54) is 5.56 Å². The number of benzene rings is 1. The molecule has 4 heteroatoms. The molecule has 0 bridgehead atoms. The number of carboxylic acid groups (broad SMARTS) is 1. The molecule has 1 aliphatic carbocycles. The molecule has 2 atom stereocenters. The predicted molar refractivity (Wildman–Crippen MR) is 76.2 cm³/mol. The number of carbonyl (C=O) groups is 2. The van der Waals surface area contributed by atoms with Gasteiger partial charge in [0.15, 0.2) is 0 Å². The number of carbonyl (C=O) groups excluding carboxylic acids is 1. The highest BCUT2D eigenvalue weighted by molar-refractivity contribution is 5.89. The summed E-state index contributed by atoms with van der Waals surface area (Å²) in [5.41, 5.74) is 1.17. The highest BCUT2D eigenvalue weighted by atomic mass is 16.4. The Morgan fingerprint density at radius 1 is 1.30 bits per heavy atom. The van der Waals surface area contributed by atoms with Crippen LogP contribution in [0.25, 0.3) is 0 Å². The predicted octanol–water partition coefficient (Wildman–Crippen LogP) is 1.96. The average molecular weight is 273 g/mol. The Bertz CT molecular complexity index is 498. The first-order valence-electron chi connectivity index (χ1n) is 6.80. The van der Waals surface area contributed by atoms with Gasteiger partial charge in [-0.05, 0) is 18.4 Å². The second-order valence-corrected chi connectivity index (χ2v) is 5.10. The standard InChI is InChI=1S/C16H19NO3/c1-2-9-17(10-8-12-6-4-3-5-7-12)15(18)13-11-14(13)16(19)20/h2-7,13-14H,1,8-11H2,(H,19,20). The van der Waals surface area contributed by atoms with Crippen LogP contribution in [-0.4, -0.2) is 35.0 Å². The maximum Gasteiger partial charge on any atom is 0.307 e. The van der Waals surface area contributed by atoms with Gasteiger partial charge in [-0.15, -0.1) is 6.58 Å². The minimum Gasteiger partial charge on any atom is -0.481 e. The summed E-state index contributed by atoms with van der Waals surface area (Å²) in [5.74, 6) is -1.77. The molecule has 1 amide bonds. The van der Waals surface area contributed by atoms with Gasteiger partial charge in [-0.2, -0.15) is 0 Å². The largest absolute Gasteiger partial charge is 0.481 e. The van der Waals surface area contributed by atoms with Crippen molar-refractivity contribution in [1.29, 1.82) is 0 Å². The number of rotatable bonds is 7. The summed E-state index contributed by atoms with van der Waals surface area (Å²) in [4.78, 5) is 24.8. The topological polar surface area (TPSA) is 57.6 Å². The maximum absolute atomic E-state index is 12.2. The van der Waals surface area contributed by atoms with Crippen molar-refractivity contribution >= 4 is 11.9 Å². The van der Waals surface area contributed by atoms with E-state index in [1.807, 2.05) is 30.3 Å². The second-order valence-electron chi connectivity index (χ2n) is 5.10. The van der Waals surface area contributed by atoms with Crippen LogP contribution in [0, 0.1) is 11.8 Å². The molecule has 4 nitrogen and oxygen atoms in total. The highest BCUT2D eigenvalue weighted by Gasteiger charge is 2.49. The lowest BCUT2D eigenvalue weighted by molar-refractivity contribution is -0.141. The first kappa shape index (κ1) is 14.3. The smallest absolute Gasteiger partial charge is 0.307 e. The monoisotopic (exact) mass is 273 g/mol. The zero-order chi connectivity index (χ0) is 14.5. The third-order valence-electron chi connectivity index (χ3n) is 3.60. The van der Waals surface area contributed by atoms with Crippen molar-refractivity contribution in [3.8, 4) is 0 Å². The summed E-state index contributed by atoms with van der Waals surface area (Å²) in [6, 6.07) is 9.94. The van der Waals surface area contributed by atoms with Crippen LogP contribution >= 0.6 is 0 Å². The number of hydrogen-bond donors (Lipinski definition) is 1. The van der Waals surface area contributed by atoms with Crippen molar-refractivity contribution in [2.75, 3.05) is 13.1 Å². The van der Waals surface area contributed by atoms with Crippen LogP contribution in [0.1, 0.15) is 12.0 Å². The minimum absolute atomic E-state index is 0.0618. The summed E-state index contributed by atoms with van der Waals surface area (Å²) in [5, 5.41) is 8.90. The molecule has 1 aromatic rings. The Labute approximate surface area is 118 Å². The average Bonchev–Trinajstić information content (AvgIpc) is 3.24. The van der Waals surface area contributed by atoms with E-state index in [9.17, 15) is 9.59 Å². The van der Waals surface area contributed by atoms with Crippen LogP contribution < -0.4 is 0 Å². The van der Waals surface area contributed by atoms with E-state index in [0.29, 0.717) is 19.5 Å². The molecule has 1 N–H and O–H groups in total. The van der Waals surface area contributed by atoms with E-state index in [-0.39, 0.29) is 11.8 Å². The molecule has 0 spiro atoms. The molecule has 0 aromatic heterocycles. The Morgan fingerprint density at radius 3 is 2.55 bits per heavy atom. The van der Waals surface area contributed by atoms with Gasteiger partial charge in [-0.25, -0.2) is 0 Å². The lowest BCUT2D eigenvalue weighted by Gasteiger charge is -2.21. The number of hydrogen-bond acceptors (Lipinski definition) is 2. The molecule has 1 saturated carbocycles. The van der Waals surface area contributed by atoms with Crippen molar-refractivity contribution in [3.63, 3.8) is 0 Å². The van der Waals surface area contributed by atoms with Crippen LogP contribution in [0.4, 0.5) is 0 Å². The molecule has 106 valence electrons. The van der Waals surface area contributed by atoms with E-state index >= 15 is 0 Å². The zero-order valence-electron chi connectivity index (χ0n) is 11.4. The van der Waals surface area contributed by atoms with Gasteiger partial charge < -0.3 is 10.0 Å². The third-order valence-corrected chi connectivity index (χ3v) is 3.60. The molecule has 20 heavy (non-hydrogen) atoms. The van der Waals surface area contributed by atoms with E-state index in [2.05, 4.69) is 6.58 Å². The van der Waals surface area contributed by atoms with Crippen molar-refractivity contribution in [2.24, 2.45) is 11.8 Å². The SMILES string of the molecule is C=CCN(CCc1ccccc1)C(=O)C1CC1C(=O)O. The quantitative estimate of drug-likeness (QED) is 0.773. The van der Waals surface area contributed by atoms with Gasteiger partial charge in [0.25, 0.3) is 0 Å². The molecule has 1 fully saturated rings. The fraction of sp³-hybridized carbons (Fsp3) is 0.375. The lowest BCUT2D eigenvalue weighted by Crippen LogP contribution is -2.35. The Morgan fingerprint density at radius 2 is 2.00 bits per heavy atom. The van der Waals surface area contributed by atoms with E-state index in [0.717, 1.165) is 6.42 Å².